The lowest BCUT2D eigenvalue weighted by molar-refractivity contribution is -0.117. The Morgan fingerprint density at radius 2 is 1.73 bits per heavy atom. The number of nitrogens with zero attached hydrogens (tertiary/aromatic N) is 1. The Kier molecular flexibility index (Phi) is 4.32. The molecule has 1 aliphatic heterocycles. The molecule has 22 heavy (non-hydrogen) atoms. The maximum atomic E-state index is 12.2. The fourth-order valence-corrected chi connectivity index (χ4v) is 3.26. The van der Waals surface area contributed by atoms with Crippen molar-refractivity contribution in [2.24, 2.45) is 0 Å². The number of carbonyl (C=O) groups is 2. The Morgan fingerprint density at radius 3 is 2.41 bits per heavy atom. The van der Waals surface area contributed by atoms with E-state index in [2.05, 4.69) is 10.6 Å². The summed E-state index contributed by atoms with van der Waals surface area (Å²) in [7, 11) is 0. The third kappa shape index (κ3) is 3.40. The molecule has 1 aliphatic carbocycles. The van der Waals surface area contributed by atoms with Crippen LogP contribution in [0, 0.1) is 6.92 Å². The molecule has 2 aliphatic rings. The van der Waals surface area contributed by atoms with Gasteiger partial charge in [0.25, 0.3) is 0 Å². The normalized spacial score (nSPS) is 22.1. The highest BCUT2D eigenvalue weighted by Crippen LogP contribution is 2.22. The van der Waals surface area contributed by atoms with E-state index < -0.39 is 0 Å². The van der Waals surface area contributed by atoms with Crippen LogP contribution in [0.15, 0.2) is 24.3 Å². The zero-order chi connectivity index (χ0) is 15.5. The molecular weight excluding hydrogens is 278 g/mol. The fourth-order valence-electron chi connectivity index (χ4n) is 3.26. The Bertz CT molecular complexity index is 550. The summed E-state index contributed by atoms with van der Waals surface area (Å²) in [4.78, 5) is 25.9. The van der Waals surface area contributed by atoms with Gasteiger partial charge in [0, 0.05) is 24.7 Å². The summed E-state index contributed by atoms with van der Waals surface area (Å²) in [5, 5.41) is 5.94. The first-order valence-corrected chi connectivity index (χ1v) is 8.06. The van der Waals surface area contributed by atoms with Gasteiger partial charge < -0.3 is 15.5 Å². The van der Waals surface area contributed by atoms with Crippen molar-refractivity contribution in [3.05, 3.63) is 29.8 Å². The van der Waals surface area contributed by atoms with Crippen molar-refractivity contribution in [3.8, 4) is 0 Å². The highest BCUT2D eigenvalue weighted by atomic mass is 16.2. The number of aryl methyl sites for hydroxylation is 1. The van der Waals surface area contributed by atoms with Gasteiger partial charge in [-0.05, 0) is 31.9 Å². The Morgan fingerprint density at radius 1 is 1.09 bits per heavy atom. The second-order valence-corrected chi connectivity index (χ2v) is 6.34. The van der Waals surface area contributed by atoms with E-state index in [1.165, 1.54) is 18.4 Å². The number of amides is 3. The maximum absolute atomic E-state index is 12.2. The molecule has 0 unspecified atom stereocenters. The molecule has 1 aromatic carbocycles. The van der Waals surface area contributed by atoms with E-state index in [1.807, 2.05) is 31.2 Å². The SMILES string of the molecule is Cc1ccc(N2C[C@@H](NC(=O)NC3CCCC3)CC2=O)cc1. The van der Waals surface area contributed by atoms with Crippen LogP contribution in [0.4, 0.5) is 10.5 Å². The molecule has 5 heteroatoms. The number of hydrogen-bond donors (Lipinski definition) is 2. The summed E-state index contributed by atoms with van der Waals surface area (Å²) in [5.74, 6) is 0.0648. The number of hydrogen-bond acceptors (Lipinski definition) is 2. The molecule has 0 aromatic heterocycles. The van der Waals surface area contributed by atoms with Gasteiger partial charge in [0.05, 0.1) is 6.04 Å². The minimum atomic E-state index is -0.143. The molecule has 118 valence electrons. The number of urea groups is 1. The van der Waals surface area contributed by atoms with Gasteiger partial charge in [0.1, 0.15) is 0 Å². The molecule has 0 spiro atoms. The average molecular weight is 301 g/mol. The highest BCUT2D eigenvalue weighted by Gasteiger charge is 2.32. The molecule has 3 rings (SSSR count). The standard InChI is InChI=1S/C17H23N3O2/c1-12-6-8-15(9-7-12)20-11-14(10-16(20)21)19-17(22)18-13-4-2-3-5-13/h6-9,13-14H,2-5,10-11H2,1H3,(H2,18,19,22)/t14-/m0/s1. The summed E-state index contributed by atoms with van der Waals surface area (Å²) >= 11 is 0. The van der Waals surface area contributed by atoms with Crippen molar-refractivity contribution in [2.75, 3.05) is 11.4 Å². The van der Waals surface area contributed by atoms with Crippen LogP contribution in [-0.2, 0) is 4.79 Å². The molecule has 1 heterocycles. The Labute approximate surface area is 131 Å². The fraction of sp³-hybridized carbons (Fsp3) is 0.529. The summed E-state index contributed by atoms with van der Waals surface area (Å²) in [6.45, 7) is 2.56. The zero-order valence-electron chi connectivity index (χ0n) is 13.0. The summed E-state index contributed by atoms with van der Waals surface area (Å²) in [5.41, 5.74) is 2.07. The largest absolute Gasteiger partial charge is 0.335 e. The van der Waals surface area contributed by atoms with Gasteiger partial charge in [-0.2, -0.15) is 0 Å². The second-order valence-electron chi connectivity index (χ2n) is 6.34. The lowest BCUT2D eigenvalue weighted by atomic mass is 10.2. The molecule has 2 N–H and O–H groups in total. The number of carbonyl (C=O) groups excluding carboxylic acids is 2. The van der Waals surface area contributed by atoms with Crippen LogP contribution >= 0.6 is 0 Å². The van der Waals surface area contributed by atoms with Crippen molar-refractivity contribution < 1.29 is 9.59 Å². The van der Waals surface area contributed by atoms with Gasteiger partial charge in [-0.1, -0.05) is 30.5 Å². The Balaban J connectivity index is 1.55. The number of benzene rings is 1. The van der Waals surface area contributed by atoms with E-state index >= 15 is 0 Å². The number of nitrogens with one attached hydrogen (secondary N) is 2. The van der Waals surface area contributed by atoms with E-state index in [4.69, 9.17) is 0 Å². The summed E-state index contributed by atoms with van der Waals surface area (Å²) < 4.78 is 0. The average Bonchev–Trinajstić information content (AvgIpc) is 3.10. The molecule has 3 amide bonds. The maximum Gasteiger partial charge on any atom is 0.315 e. The lowest BCUT2D eigenvalue weighted by Gasteiger charge is -2.18. The zero-order valence-corrected chi connectivity index (χ0v) is 13.0. The van der Waals surface area contributed by atoms with Gasteiger partial charge in [0.15, 0.2) is 0 Å². The molecule has 1 saturated heterocycles. The third-order valence-corrected chi connectivity index (χ3v) is 4.50. The molecule has 1 aromatic rings. The van der Waals surface area contributed by atoms with Crippen molar-refractivity contribution in [1.29, 1.82) is 0 Å². The van der Waals surface area contributed by atoms with E-state index in [0.717, 1.165) is 18.5 Å². The second kappa shape index (κ2) is 6.38. The van der Waals surface area contributed by atoms with E-state index in [1.54, 1.807) is 4.90 Å². The van der Waals surface area contributed by atoms with E-state index in [-0.39, 0.29) is 18.0 Å². The van der Waals surface area contributed by atoms with Crippen LogP contribution in [-0.4, -0.2) is 30.6 Å². The Hall–Kier alpha value is -2.04. The van der Waals surface area contributed by atoms with E-state index in [9.17, 15) is 9.59 Å². The topological polar surface area (TPSA) is 61.4 Å². The molecular formula is C17H23N3O2. The van der Waals surface area contributed by atoms with E-state index in [0.29, 0.717) is 19.0 Å². The summed E-state index contributed by atoms with van der Waals surface area (Å²) in [6.07, 6.45) is 4.87. The van der Waals surface area contributed by atoms with Crippen LogP contribution in [0.25, 0.3) is 0 Å². The van der Waals surface area contributed by atoms with Gasteiger partial charge in [-0.25, -0.2) is 4.79 Å². The predicted molar refractivity (Wildman–Crippen MR) is 85.9 cm³/mol. The van der Waals surface area contributed by atoms with Crippen molar-refractivity contribution >= 4 is 17.6 Å². The minimum Gasteiger partial charge on any atom is -0.335 e. The van der Waals surface area contributed by atoms with Gasteiger partial charge in [-0.15, -0.1) is 0 Å². The molecule has 2 fully saturated rings. The van der Waals surface area contributed by atoms with Crippen LogP contribution in [0.1, 0.15) is 37.7 Å². The van der Waals surface area contributed by atoms with Gasteiger partial charge in [-0.3, -0.25) is 4.79 Å². The van der Waals surface area contributed by atoms with Gasteiger partial charge in [0.2, 0.25) is 5.91 Å². The molecule has 0 bridgehead atoms. The molecule has 1 saturated carbocycles. The molecule has 5 nitrogen and oxygen atoms in total. The van der Waals surface area contributed by atoms with Crippen molar-refractivity contribution in [3.63, 3.8) is 0 Å². The van der Waals surface area contributed by atoms with Crippen molar-refractivity contribution in [1.82, 2.24) is 10.6 Å². The quantitative estimate of drug-likeness (QED) is 0.900. The van der Waals surface area contributed by atoms with Crippen molar-refractivity contribution in [2.45, 2.75) is 51.1 Å². The van der Waals surface area contributed by atoms with Crippen LogP contribution < -0.4 is 15.5 Å². The lowest BCUT2D eigenvalue weighted by Crippen LogP contribution is -2.46. The third-order valence-electron chi connectivity index (χ3n) is 4.50. The van der Waals surface area contributed by atoms with Crippen LogP contribution in [0.5, 0.6) is 0 Å². The highest BCUT2D eigenvalue weighted by molar-refractivity contribution is 5.96. The predicted octanol–water partition coefficient (Wildman–Crippen LogP) is 2.34. The smallest absolute Gasteiger partial charge is 0.315 e. The monoisotopic (exact) mass is 301 g/mol. The van der Waals surface area contributed by atoms with Gasteiger partial charge >= 0.3 is 6.03 Å². The molecule has 0 radical (unpaired) electrons. The first kappa shape index (κ1) is 14.9. The number of anilines is 1. The first-order valence-electron chi connectivity index (χ1n) is 8.06. The molecule has 1 atom stereocenters. The van der Waals surface area contributed by atoms with Crippen LogP contribution in [0.3, 0.4) is 0 Å². The van der Waals surface area contributed by atoms with Crippen LogP contribution in [0.2, 0.25) is 0 Å². The summed E-state index contributed by atoms with van der Waals surface area (Å²) in [6, 6.07) is 7.94. The first-order chi connectivity index (χ1) is 10.6. The number of rotatable bonds is 3. The minimum absolute atomic E-state index is 0.0648.